The number of hydrogen-bond acceptors (Lipinski definition) is 1. The molecule has 78 valence electrons. The maximum atomic E-state index is 12.0. The summed E-state index contributed by atoms with van der Waals surface area (Å²) in [6, 6.07) is 0. The molecule has 3 fully saturated rings. The Balaban J connectivity index is 2.09. The van der Waals surface area contributed by atoms with Crippen molar-refractivity contribution in [1.29, 1.82) is 0 Å². The minimum Gasteiger partial charge on any atom is -0.299 e. The van der Waals surface area contributed by atoms with Gasteiger partial charge in [0, 0.05) is 5.41 Å². The van der Waals surface area contributed by atoms with Crippen LogP contribution in [0.1, 0.15) is 52.4 Å². The van der Waals surface area contributed by atoms with E-state index in [0.29, 0.717) is 11.2 Å². The number of carbonyl (C=O) groups excluding carboxylic acids is 1. The molecule has 14 heavy (non-hydrogen) atoms. The first-order valence-corrected chi connectivity index (χ1v) is 6.11. The van der Waals surface area contributed by atoms with Gasteiger partial charge in [-0.05, 0) is 56.3 Å². The number of carbonyl (C=O) groups is 1. The molecule has 0 aromatic carbocycles. The van der Waals surface area contributed by atoms with E-state index in [1.165, 1.54) is 38.5 Å². The van der Waals surface area contributed by atoms with Crippen LogP contribution in [0.3, 0.4) is 0 Å². The van der Waals surface area contributed by atoms with E-state index in [-0.39, 0.29) is 5.41 Å². The zero-order valence-electron chi connectivity index (χ0n) is 9.31. The number of rotatable bonds is 1. The van der Waals surface area contributed by atoms with E-state index in [9.17, 15) is 4.79 Å². The molecule has 0 aromatic rings. The summed E-state index contributed by atoms with van der Waals surface area (Å²) in [7, 11) is 0. The summed E-state index contributed by atoms with van der Waals surface area (Å²) < 4.78 is 0. The summed E-state index contributed by atoms with van der Waals surface area (Å²) >= 11 is 0. The molecule has 2 bridgehead atoms. The van der Waals surface area contributed by atoms with Crippen molar-refractivity contribution in [3.05, 3.63) is 0 Å². The van der Waals surface area contributed by atoms with Gasteiger partial charge in [-0.1, -0.05) is 13.3 Å². The van der Waals surface area contributed by atoms with Crippen molar-refractivity contribution >= 4 is 5.78 Å². The van der Waals surface area contributed by atoms with Crippen LogP contribution in [0, 0.1) is 22.7 Å². The lowest BCUT2D eigenvalue weighted by atomic mass is 9.62. The van der Waals surface area contributed by atoms with Gasteiger partial charge >= 0.3 is 0 Å². The highest BCUT2D eigenvalue weighted by atomic mass is 16.1. The molecule has 0 N–H and O–H groups in total. The molecule has 4 unspecified atom stereocenters. The van der Waals surface area contributed by atoms with Gasteiger partial charge in [0.1, 0.15) is 5.78 Å². The summed E-state index contributed by atoms with van der Waals surface area (Å²) in [6.45, 7) is 4.29. The Hall–Kier alpha value is -0.330. The fourth-order valence-electron chi connectivity index (χ4n) is 5.23. The second-order valence-electron chi connectivity index (χ2n) is 6.14. The topological polar surface area (TPSA) is 17.1 Å². The predicted octanol–water partition coefficient (Wildman–Crippen LogP) is 3.18. The van der Waals surface area contributed by atoms with E-state index < -0.39 is 0 Å². The maximum Gasteiger partial charge on any atom is 0.136 e. The molecule has 3 saturated carbocycles. The highest BCUT2D eigenvalue weighted by Crippen LogP contribution is 2.71. The van der Waals surface area contributed by atoms with Crippen LogP contribution in [-0.4, -0.2) is 5.78 Å². The Morgan fingerprint density at radius 1 is 1.29 bits per heavy atom. The van der Waals surface area contributed by atoms with Crippen LogP contribution in [0.5, 0.6) is 0 Å². The molecule has 3 aliphatic carbocycles. The summed E-state index contributed by atoms with van der Waals surface area (Å²) in [5.41, 5.74) is 0.680. The molecule has 0 saturated heterocycles. The van der Waals surface area contributed by atoms with Crippen LogP contribution >= 0.6 is 0 Å². The third-order valence-corrected chi connectivity index (χ3v) is 5.71. The van der Waals surface area contributed by atoms with E-state index >= 15 is 0 Å². The van der Waals surface area contributed by atoms with Crippen molar-refractivity contribution in [2.45, 2.75) is 52.4 Å². The first-order valence-electron chi connectivity index (χ1n) is 6.11. The second kappa shape index (κ2) is 2.43. The molecule has 0 amide bonds. The van der Waals surface area contributed by atoms with E-state index in [2.05, 4.69) is 6.92 Å². The average molecular weight is 192 g/mol. The summed E-state index contributed by atoms with van der Waals surface area (Å²) in [5, 5.41) is 0. The molecule has 0 radical (unpaired) electrons. The van der Waals surface area contributed by atoms with E-state index in [4.69, 9.17) is 0 Å². The summed E-state index contributed by atoms with van der Waals surface area (Å²) in [6.07, 6.45) is 7.89. The summed E-state index contributed by atoms with van der Waals surface area (Å²) in [5.74, 6) is 2.00. The lowest BCUT2D eigenvalue weighted by Crippen LogP contribution is -2.40. The van der Waals surface area contributed by atoms with Gasteiger partial charge in [-0.15, -0.1) is 0 Å². The van der Waals surface area contributed by atoms with Crippen molar-refractivity contribution in [2.75, 3.05) is 0 Å². The molecule has 3 aliphatic rings. The van der Waals surface area contributed by atoms with Crippen LogP contribution in [0.2, 0.25) is 0 Å². The molecule has 0 aliphatic heterocycles. The van der Waals surface area contributed by atoms with Gasteiger partial charge in [0.05, 0.1) is 0 Å². The molecule has 4 atom stereocenters. The van der Waals surface area contributed by atoms with Crippen molar-refractivity contribution in [2.24, 2.45) is 22.7 Å². The van der Waals surface area contributed by atoms with Crippen molar-refractivity contribution in [3.8, 4) is 0 Å². The fraction of sp³-hybridized carbons (Fsp3) is 0.923. The smallest absolute Gasteiger partial charge is 0.136 e. The van der Waals surface area contributed by atoms with Crippen LogP contribution in [0.25, 0.3) is 0 Å². The van der Waals surface area contributed by atoms with Crippen molar-refractivity contribution in [1.82, 2.24) is 0 Å². The average Bonchev–Trinajstić information content (AvgIpc) is 2.70. The largest absolute Gasteiger partial charge is 0.299 e. The highest BCUT2D eigenvalue weighted by Gasteiger charge is 2.66. The van der Waals surface area contributed by atoms with Crippen LogP contribution < -0.4 is 0 Å². The molecular formula is C13H20O. The zero-order valence-corrected chi connectivity index (χ0v) is 9.31. The molecule has 0 aromatic heterocycles. The van der Waals surface area contributed by atoms with E-state index in [1.54, 1.807) is 0 Å². The summed E-state index contributed by atoms with van der Waals surface area (Å²) in [4.78, 5) is 12.0. The molecule has 1 nitrogen and oxygen atoms in total. The number of fused-ring (bicyclic) bond motifs is 5. The lowest BCUT2D eigenvalue weighted by molar-refractivity contribution is -0.132. The SMILES string of the molecule is CC(=O)C12CCCC1C1(C)CCC2C1. The van der Waals surface area contributed by atoms with E-state index in [1.807, 2.05) is 6.92 Å². The second-order valence-corrected chi connectivity index (χ2v) is 6.14. The Morgan fingerprint density at radius 3 is 2.71 bits per heavy atom. The van der Waals surface area contributed by atoms with E-state index in [0.717, 1.165) is 11.8 Å². The van der Waals surface area contributed by atoms with Gasteiger partial charge in [-0.3, -0.25) is 4.79 Å². The highest BCUT2D eigenvalue weighted by molar-refractivity contribution is 5.84. The molecule has 0 heterocycles. The van der Waals surface area contributed by atoms with Gasteiger partial charge in [0.25, 0.3) is 0 Å². The standard InChI is InChI=1S/C13H20O/c1-9(14)13-6-3-4-11(13)12(2)7-5-10(13)8-12/h10-11H,3-8H2,1-2H3. The van der Waals surface area contributed by atoms with Gasteiger partial charge in [-0.25, -0.2) is 0 Å². The van der Waals surface area contributed by atoms with Gasteiger partial charge < -0.3 is 0 Å². The quantitative estimate of drug-likeness (QED) is 0.623. The third-order valence-electron chi connectivity index (χ3n) is 5.71. The van der Waals surface area contributed by atoms with Gasteiger partial charge in [-0.2, -0.15) is 0 Å². The van der Waals surface area contributed by atoms with Crippen molar-refractivity contribution in [3.63, 3.8) is 0 Å². The normalized spacial score (nSPS) is 55.0. The third kappa shape index (κ3) is 0.765. The predicted molar refractivity (Wildman–Crippen MR) is 55.9 cm³/mol. The van der Waals surface area contributed by atoms with Gasteiger partial charge in [0.2, 0.25) is 0 Å². The first kappa shape index (κ1) is 8.94. The van der Waals surface area contributed by atoms with Crippen molar-refractivity contribution < 1.29 is 4.79 Å². The number of ketones is 1. The Morgan fingerprint density at radius 2 is 2.07 bits per heavy atom. The maximum absolute atomic E-state index is 12.0. The number of hydrogen-bond donors (Lipinski definition) is 0. The lowest BCUT2D eigenvalue weighted by Gasteiger charge is -2.41. The zero-order chi connectivity index (χ0) is 9.97. The molecular weight excluding hydrogens is 172 g/mol. The van der Waals surface area contributed by atoms with Crippen LogP contribution in [0.15, 0.2) is 0 Å². The molecule has 1 heteroatoms. The fourth-order valence-corrected chi connectivity index (χ4v) is 5.23. The molecule has 0 spiro atoms. The van der Waals surface area contributed by atoms with Crippen LogP contribution in [-0.2, 0) is 4.79 Å². The monoisotopic (exact) mass is 192 g/mol. The Labute approximate surface area is 86.3 Å². The molecule has 3 rings (SSSR count). The first-order chi connectivity index (χ1) is 6.59. The minimum atomic E-state index is 0.146. The Kier molecular flexibility index (Phi) is 1.55. The van der Waals surface area contributed by atoms with Gasteiger partial charge in [0.15, 0.2) is 0 Å². The van der Waals surface area contributed by atoms with Crippen LogP contribution in [0.4, 0.5) is 0 Å². The number of Topliss-reactive ketones (excluding diaryl/α,β-unsaturated/α-hetero) is 1. The minimum absolute atomic E-state index is 0.146. The Bertz CT molecular complexity index is 296.